The summed E-state index contributed by atoms with van der Waals surface area (Å²) >= 11 is 0. The van der Waals surface area contributed by atoms with Gasteiger partial charge in [-0.3, -0.25) is 10.1 Å². The molecule has 6 heteroatoms. The first-order chi connectivity index (χ1) is 9.40. The van der Waals surface area contributed by atoms with Crippen LogP contribution in [0.1, 0.15) is 17.0 Å². The van der Waals surface area contributed by atoms with Gasteiger partial charge in [0.1, 0.15) is 11.4 Å². The molecule has 0 aliphatic rings. The normalized spacial score (nSPS) is 10.6. The van der Waals surface area contributed by atoms with E-state index in [1.807, 2.05) is 20.9 Å². The van der Waals surface area contributed by atoms with Crippen LogP contribution in [0.15, 0.2) is 24.3 Å². The van der Waals surface area contributed by atoms with Crippen LogP contribution in [-0.4, -0.2) is 14.6 Å². The molecule has 0 amide bonds. The summed E-state index contributed by atoms with van der Waals surface area (Å²) in [4.78, 5) is 10.5. The van der Waals surface area contributed by atoms with E-state index in [0.29, 0.717) is 12.2 Å². The molecule has 0 fully saturated rings. The molecule has 0 atom stereocenters. The van der Waals surface area contributed by atoms with Crippen LogP contribution >= 0.6 is 0 Å². The summed E-state index contributed by atoms with van der Waals surface area (Å²) in [6.45, 7) is 4.52. The summed E-state index contributed by atoms with van der Waals surface area (Å²) in [5.74, 6) is -0.117. The van der Waals surface area contributed by atoms with Gasteiger partial charge in [0.25, 0.3) is 5.69 Å². The number of rotatable bonds is 4. The van der Waals surface area contributed by atoms with E-state index in [2.05, 4.69) is 16.0 Å². The number of nitrogens with zero attached hydrogens (tertiary/aromatic N) is 2. The summed E-state index contributed by atoms with van der Waals surface area (Å²) in [5.41, 5.74) is 3.62. The molecule has 106 valence electrons. The second-order valence-corrected chi connectivity index (χ2v) is 4.77. The lowest BCUT2D eigenvalue weighted by Crippen LogP contribution is -2.03. The molecule has 6 nitrogen and oxygen atoms in total. The third kappa shape index (κ3) is 2.59. The van der Waals surface area contributed by atoms with Crippen molar-refractivity contribution in [1.29, 1.82) is 0 Å². The summed E-state index contributed by atoms with van der Waals surface area (Å²) in [7, 11) is 1.98. The van der Waals surface area contributed by atoms with Crippen molar-refractivity contribution in [3.8, 4) is 5.75 Å². The second kappa shape index (κ2) is 5.24. The SMILES string of the molecule is Cc1cc(CNc2ccc(O)cc2[N+](=O)[O-])c(C)n1C. The van der Waals surface area contributed by atoms with Gasteiger partial charge in [0.2, 0.25) is 0 Å². The lowest BCUT2D eigenvalue weighted by atomic mass is 10.2. The summed E-state index contributed by atoms with van der Waals surface area (Å²) in [6, 6.07) is 6.14. The van der Waals surface area contributed by atoms with E-state index >= 15 is 0 Å². The van der Waals surface area contributed by atoms with E-state index in [0.717, 1.165) is 23.0 Å². The third-order valence-corrected chi connectivity index (χ3v) is 3.53. The number of phenols is 1. The smallest absolute Gasteiger partial charge is 0.296 e. The number of aromatic nitrogens is 1. The summed E-state index contributed by atoms with van der Waals surface area (Å²) in [6.07, 6.45) is 0. The predicted octanol–water partition coefficient (Wildman–Crippen LogP) is 2.87. The van der Waals surface area contributed by atoms with Gasteiger partial charge < -0.3 is 15.0 Å². The molecule has 0 spiro atoms. The van der Waals surface area contributed by atoms with E-state index < -0.39 is 4.92 Å². The highest BCUT2D eigenvalue weighted by atomic mass is 16.6. The number of hydrogen-bond donors (Lipinski definition) is 2. The van der Waals surface area contributed by atoms with Gasteiger partial charge in [-0.2, -0.15) is 0 Å². The van der Waals surface area contributed by atoms with Crippen molar-refractivity contribution in [2.45, 2.75) is 20.4 Å². The minimum Gasteiger partial charge on any atom is -0.508 e. The molecule has 2 rings (SSSR count). The molecule has 0 aliphatic heterocycles. The Kier molecular flexibility index (Phi) is 3.65. The van der Waals surface area contributed by atoms with Crippen molar-refractivity contribution >= 4 is 11.4 Å². The van der Waals surface area contributed by atoms with Crippen LogP contribution in [0.25, 0.3) is 0 Å². The fourth-order valence-electron chi connectivity index (χ4n) is 2.12. The Morgan fingerprint density at radius 1 is 1.35 bits per heavy atom. The molecular weight excluding hydrogens is 258 g/mol. The number of aromatic hydroxyl groups is 1. The highest BCUT2D eigenvalue weighted by Crippen LogP contribution is 2.29. The lowest BCUT2D eigenvalue weighted by Gasteiger charge is -2.08. The number of anilines is 1. The number of hydrogen-bond acceptors (Lipinski definition) is 4. The van der Waals surface area contributed by atoms with Crippen LogP contribution in [0, 0.1) is 24.0 Å². The van der Waals surface area contributed by atoms with E-state index in [9.17, 15) is 15.2 Å². The maximum atomic E-state index is 11.0. The molecule has 0 bridgehead atoms. The highest BCUT2D eigenvalue weighted by Gasteiger charge is 2.15. The molecular formula is C14H17N3O3. The molecule has 0 saturated heterocycles. The van der Waals surface area contributed by atoms with Crippen LogP contribution in [0.5, 0.6) is 5.75 Å². The third-order valence-electron chi connectivity index (χ3n) is 3.53. The number of benzene rings is 1. The second-order valence-electron chi connectivity index (χ2n) is 4.77. The van der Waals surface area contributed by atoms with E-state index in [1.54, 1.807) is 0 Å². The van der Waals surface area contributed by atoms with Crippen LogP contribution in [0.3, 0.4) is 0 Å². The first-order valence-electron chi connectivity index (χ1n) is 6.23. The Hall–Kier alpha value is -2.50. The fourth-order valence-corrected chi connectivity index (χ4v) is 2.12. The average molecular weight is 275 g/mol. The summed E-state index contributed by atoms with van der Waals surface area (Å²) in [5, 5.41) is 23.3. The van der Waals surface area contributed by atoms with Gasteiger partial charge in [0.15, 0.2) is 0 Å². The van der Waals surface area contributed by atoms with Crippen molar-refractivity contribution in [3.05, 3.63) is 51.3 Å². The van der Waals surface area contributed by atoms with Crippen molar-refractivity contribution in [1.82, 2.24) is 4.57 Å². The Balaban J connectivity index is 2.23. The maximum absolute atomic E-state index is 11.0. The van der Waals surface area contributed by atoms with E-state index in [1.165, 1.54) is 12.1 Å². The van der Waals surface area contributed by atoms with Gasteiger partial charge in [-0.1, -0.05) is 0 Å². The minimum atomic E-state index is -0.509. The molecule has 0 saturated carbocycles. The molecule has 0 radical (unpaired) electrons. The van der Waals surface area contributed by atoms with E-state index in [-0.39, 0.29) is 11.4 Å². The Labute approximate surface area is 116 Å². The number of nitro groups is 1. The Bertz CT molecular complexity index is 662. The number of nitrogens with one attached hydrogen (secondary N) is 1. The summed E-state index contributed by atoms with van der Waals surface area (Å²) < 4.78 is 2.07. The first-order valence-corrected chi connectivity index (χ1v) is 6.23. The van der Waals surface area contributed by atoms with Gasteiger partial charge in [-0.15, -0.1) is 0 Å². The molecule has 1 aromatic heterocycles. The number of aryl methyl sites for hydroxylation is 1. The molecule has 1 heterocycles. The zero-order valence-corrected chi connectivity index (χ0v) is 11.7. The first kappa shape index (κ1) is 13.9. The quantitative estimate of drug-likeness (QED) is 0.511. The largest absolute Gasteiger partial charge is 0.508 e. The minimum absolute atomic E-state index is 0.117. The zero-order valence-electron chi connectivity index (χ0n) is 11.7. The maximum Gasteiger partial charge on any atom is 0.296 e. The van der Waals surface area contributed by atoms with Crippen molar-refractivity contribution < 1.29 is 10.0 Å². The molecule has 2 N–H and O–H groups in total. The van der Waals surface area contributed by atoms with Crippen molar-refractivity contribution in [2.24, 2.45) is 7.05 Å². The van der Waals surface area contributed by atoms with Gasteiger partial charge >= 0.3 is 0 Å². The predicted molar refractivity (Wildman–Crippen MR) is 77.0 cm³/mol. The van der Waals surface area contributed by atoms with Crippen LogP contribution in [0.2, 0.25) is 0 Å². The zero-order chi connectivity index (χ0) is 14.9. The van der Waals surface area contributed by atoms with Crippen molar-refractivity contribution in [3.63, 3.8) is 0 Å². The monoisotopic (exact) mass is 275 g/mol. The standard InChI is InChI=1S/C14H17N3O3/c1-9-6-11(10(2)16(9)3)8-15-13-5-4-12(18)7-14(13)17(19)20/h4-7,15,18H,8H2,1-3H3. The lowest BCUT2D eigenvalue weighted by molar-refractivity contribution is -0.384. The Morgan fingerprint density at radius 2 is 2.05 bits per heavy atom. The fraction of sp³-hybridized carbons (Fsp3) is 0.286. The van der Waals surface area contributed by atoms with Crippen molar-refractivity contribution in [2.75, 3.05) is 5.32 Å². The van der Waals surface area contributed by atoms with Crippen LogP contribution < -0.4 is 5.32 Å². The average Bonchev–Trinajstić information content (AvgIpc) is 2.64. The molecule has 1 aromatic carbocycles. The van der Waals surface area contributed by atoms with Gasteiger partial charge in [-0.05, 0) is 37.6 Å². The number of nitro benzene ring substituents is 1. The van der Waals surface area contributed by atoms with Gasteiger partial charge in [0.05, 0.1) is 11.0 Å². The molecule has 20 heavy (non-hydrogen) atoms. The molecule has 0 unspecified atom stereocenters. The van der Waals surface area contributed by atoms with Gasteiger partial charge in [0, 0.05) is 25.0 Å². The van der Waals surface area contributed by atoms with Crippen LogP contribution in [0.4, 0.5) is 11.4 Å². The number of phenolic OH excluding ortho intramolecular Hbond substituents is 1. The van der Waals surface area contributed by atoms with E-state index in [4.69, 9.17) is 0 Å². The Morgan fingerprint density at radius 3 is 2.60 bits per heavy atom. The van der Waals surface area contributed by atoms with Gasteiger partial charge in [-0.25, -0.2) is 0 Å². The molecule has 0 aliphatic carbocycles. The molecule has 2 aromatic rings. The highest BCUT2D eigenvalue weighted by molar-refractivity contribution is 5.63. The topological polar surface area (TPSA) is 80.3 Å². The van der Waals surface area contributed by atoms with Crippen LogP contribution in [-0.2, 0) is 13.6 Å².